The minimum absolute atomic E-state index is 0.828. The Morgan fingerprint density at radius 1 is 1.24 bits per heavy atom. The molecule has 0 unspecified atom stereocenters. The average molecular weight is 297 g/mol. The van der Waals surface area contributed by atoms with Gasteiger partial charge in [-0.2, -0.15) is 5.10 Å². The van der Waals surface area contributed by atoms with Crippen molar-refractivity contribution in [3.63, 3.8) is 0 Å². The minimum atomic E-state index is 0.828. The van der Waals surface area contributed by atoms with Crippen LogP contribution in [0.2, 0.25) is 0 Å². The highest BCUT2D eigenvalue weighted by Gasteiger charge is 2.32. The number of hydrogen-bond acceptors (Lipinski definition) is 5. The van der Waals surface area contributed by atoms with E-state index in [0.717, 1.165) is 46.9 Å². The van der Waals surface area contributed by atoms with Crippen LogP contribution in [0.1, 0.15) is 12.5 Å². The largest absolute Gasteiger partial charge is 0.303 e. The van der Waals surface area contributed by atoms with Gasteiger partial charge in [0.25, 0.3) is 0 Å². The second-order valence-corrected chi connectivity index (χ2v) is 6.04. The Bertz CT molecular complexity index is 732. The Kier molecular flexibility index (Phi) is 3.03. The maximum absolute atomic E-state index is 4.84. The van der Waals surface area contributed by atoms with E-state index in [2.05, 4.69) is 21.9 Å². The Morgan fingerprint density at radius 3 is 2.90 bits per heavy atom. The highest BCUT2D eigenvalue weighted by Crippen LogP contribution is 2.33. The summed E-state index contributed by atoms with van der Waals surface area (Å²) in [6.07, 6.45) is 1.87. The second kappa shape index (κ2) is 5.04. The third-order valence-corrected chi connectivity index (χ3v) is 4.39. The molecule has 0 amide bonds. The van der Waals surface area contributed by atoms with Gasteiger partial charge in [0.1, 0.15) is 5.84 Å². The summed E-state index contributed by atoms with van der Waals surface area (Å²) in [5.74, 6) is 2.89. The molecule has 1 aromatic heterocycles. The molecular weight excluding hydrogens is 282 g/mol. The normalized spacial score (nSPS) is 16.3. The summed E-state index contributed by atoms with van der Waals surface area (Å²) < 4.78 is 1.89. The Hall–Kier alpha value is -2.08. The molecule has 4 rings (SSSR count). The van der Waals surface area contributed by atoms with Crippen molar-refractivity contribution >= 4 is 28.6 Å². The molecule has 21 heavy (non-hydrogen) atoms. The molecule has 3 heterocycles. The maximum atomic E-state index is 4.84. The van der Waals surface area contributed by atoms with Gasteiger partial charge in [-0.1, -0.05) is 36.9 Å². The summed E-state index contributed by atoms with van der Waals surface area (Å²) in [7, 11) is 0. The number of nitrogens with zero attached hydrogens (tertiary/aromatic N) is 5. The third-order valence-electron chi connectivity index (χ3n) is 3.53. The molecule has 0 saturated heterocycles. The number of amidine groups is 2. The highest BCUT2D eigenvalue weighted by molar-refractivity contribution is 8.13. The fourth-order valence-electron chi connectivity index (χ4n) is 2.62. The van der Waals surface area contributed by atoms with Gasteiger partial charge in [-0.05, 0) is 17.9 Å². The van der Waals surface area contributed by atoms with Crippen molar-refractivity contribution in [2.75, 3.05) is 18.8 Å². The van der Waals surface area contributed by atoms with E-state index in [1.165, 1.54) is 0 Å². The molecule has 2 aliphatic heterocycles. The monoisotopic (exact) mass is 297 g/mol. The number of para-hydroxylation sites is 1. The highest BCUT2D eigenvalue weighted by atomic mass is 32.2. The predicted molar refractivity (Wildman–Crippen MR) is 86.9 cm³/mol. The molecule has 0 saturated carbocycles. The number of fused-ring (bicyclic) bond motifs is 3. The third kappa shape index (κ3) is 1.98. The Balaban J connectivity index is 1.87. The lowest BCUT2D eigenvalue weighted by Gasteiger charge is -2.25. The molecule has 0 fully saturated rings. The van der Waals surface area contributed by atoms with Crippen molar-refractivity contribution in [2.24, 2.45) is 9.98 Å². The van der Waals surface area contributed by atoms with Crippen molar-refractivity contribution in [1.82, 2.24) is 14.7 Å². The van der Waals surface area contributed by atoms with Gasteiger partial charge in [-0.15, -0.1) is 0 Å². The van der Waals surface area contributed by atoms with Crippen LogP contribution >= 0.6 is 11.8 Å². The summed E-state index contributed by atoms with van der Waals surface area (Å²) in [6, 6.07) is 10.1. The van der Waals surface area contributed by atoms with E-state index in [9.17, 15) is 0 Å². The first-order valence-corrected chi connectivity index (χ1v) is 8.04. The molecule has 0 aliphatic carbocycles. The summed E-state index contributed by atoms with van der Waals surface area (Å²) >= 11 is 1.75. The van der Waals surface area contributed by atoms with E-state index in [-0.39, 0.29) is 0 Å². The summed E-state index contributed by atoms with van der Waals surface area (Å²) in [5, 5.41) is 5.54. The number of hydrogen-bond donors (Lipinski definition) is 0. The number of rotatable bonds is 2. The van der Waals surface area contributed by atoms with Crippen molar-refractivity contribution in [3.8, 4) is 5.69 Å². The van der Waals surface area contributed by atoms with Crippen molar-refractivity contribution in [2.45, 2.75) is 6.92 Å². The standard InChI is InChI=1S/C15H15N5S/c1-2-21-15-18-14-12(13-16-8-9-19(13)15)10-17-20(14)11-6-4-3-5-7-11/h3-7,10H,2,8-9H2,1H3. The summed E-state index contributed by atoms with van der Waals surface area (Å²) in [5.41, 5.74) is 2.05. The number of aromatic nitrogens is 2. The zero-order chi connectivity index (χ0) is 14.2. The lowest BCUT2D eigenvalue weighted by atomic mass is 10.2. The molecule has 106 valence electrons. The molecule has 6 heteroatoms. The smallest absolute Gasteiger partial charge is 0.171 e. The topological polar surface area (TPSA) is 45.8 Å². The van der Waals surface area contributed by atoms with Gasteiger partial charge >= 0.3 is 0 Å². The van der Waals surface area contributed by atoms with Crippen LogP contribution in [0.5, 0.6) is 0 Å². The molecule has 0 bridgehead atoms. The SMILES string of the molecule is CCSC1=Nc2c(cnn2-c2ccccc2)C2=NCCN12. The minimum Gasteiger partial charge on any atom is -0.303 e. The van der Waals surface area contributed by atoms with Crippen LogP contribution in [0, 0.1) is 0 Å². The van der Waals surface area contributed by atoms with E-state index >= 15 is 0 Å². The molecule has 2 aliphatic rings. The van der Waals surface area contributed by atoms with Gasteiger partial charge in [0.2, 0.25) is 0 Å². The lowest BCUT2D eigenvalue weighted by molar-refractivity contribution is 0.673. The van der Waals surface area contributed by atoms with Gasteiger partial charge in [-0.25, -0.2) is 9.67 Å². The van der Waals surface area contributed by atoms with Crippen molar-refractivity contribution in [1.29, 1.82) is 0 Å². The van der Waals surface area contributed by atoms with Crippen molar-refractivity contribution < 1.29 is 0 Å². The van der Waals surface area contributed by atoms with Crippen LogP contribution in [0.25, 0.3) is 5.69 Å². The second-order valence-electron chi connectivity index (χ2n) is 4.81. The quantitative estimate of drug-likeness (QED) is 0.856. The van der Waals surface area contributed by atoms with Crippen LogP contribution in [0.15, 0.2) is 46.5 Å². The van der Waals surface area contributed by atoms with Crippen LogP contribution in [0.4, 0.5) is 5.82 Å². The maximum Gasteiger partial charge on any atom is 0.171 e. The lowest BCUT2D eigenvalue weighted by Crippen LogP contribution is -2.35. The van der Waals surface area contributed by atoms with Gasteiger partial charge in [0, 0.05) is 6.54 Å². The molecule has 0 N–H and O–H groups in total. The molecule has 2 aromatic rings. The molecular formula is C15H15N5S. The van der Waals surface area contributed by atoms with E-state index in [1.54, 1.807) is 11.8 Å². The van der Waals surface area contributed by atoms with E-state index in [0.29, 0.717) is 0 Å². The molecule has 1 aromatic carbocycles. The Labute approximate surface area is 127 Å². The summed E-state index contributed by atoms with van der Waals surface area (Å²) in [4.78, 5) is 11.7. The first-order chi connectivity index (χ1) is 10.4. The van der Waals surface area contributed by atoms with Crippen LogP contribution in [-0.2, 0) is 0 Å². The predicted octanol–water partition coefficient (Wildman–Crippen LogP) is 2.69. The zero-order valence-electron chi connectivity index (χ0n) is 11.7. The molecule has 5 nitrogen and oxygen atoms in total. The molecule has 0 radical (unpaired) electrons. The van der Waals surface area contributed by atoms with Crippen molar-refractivity contribution in [3.05, 3.63) is 42.1 Å². The fraction of sp³-hybridized carbons (Fsp3) is 0.267. The fourth-order valence-corrected chi connectivity index (χ4v) is 3.36. The van der Waals surface area contributed by atoms with Gasteiger partial charge < -0.3 is 4.90 Å². The number of thioether (sulfide) groups is 1. The van der Waals surface area contributed by atoms with Gasteiger partial charge in [0.15, 0.2) is 11.0 Å². The zero-order valence-corrected chi connectivity index (χ0v) is 12.5. The Morgan fingerprint density at radius 2 is 2.10 bits per heavy atom. The average Bonchev–Trinajstić information content (AvgIpc) is 3.14. The van der Waals surface area contributed by atoms with E-state index < -0.39 is 0 Å². The first kappa shape index (κ1) is 12.6. The van der Waals surface area contributed by atoms with Gasteiger partial charge in [-0.3, -0.25) is 4.99 Å². The van der Waals surface area contributed by atoms with Crippen LogP contribution < -0.4 is 0 Å². The molecule has 0 spiro atoms. The van der Waals surface area contributed by atoms with Crippen LogP contribution in [-0.4, -0.2) is 44.5 Å². The molecule has 0 atom stereocenters. The van der Waals surface area contributed by atoms with E-state index in [1.807, 2.05) is 41.2 Å². The number of aliphatic imine (C=N–C) groups is 2. The van der Waals surface area contributed by atoms with E-state index in [4.69, 9.17) is 4.99 Å². The first-order valence-electron chi connectivity index (χ1n) is 7.06. The van der Waals surface area contributed by atoms with Crippen LogP contribution in [0.3, 0.4) is 0 Å². The van der Waals surface area contributed by atoms with Gasteiger partial charge in [0.05, 0.1) is 24.0 Å². The number of benzene rings is 1. The summed E-state index contributed by atoms with van der Waals surface area (Å²) in [6.45, 7) is 3.88.